The van der Waals surface area contributed by atoms with Crippen LogP contribution in [0.3, 0.4) is 0 Å². The van der Waals surface area contributed by atoms with Crippen LogP contribution in [0.1, 0.15) is 18.9 Å². The maximum atomic E-state index is 12.8. The predicted octanol–water partition coefficient (Wildman–Crippen LogP) is 2.98. The van der Waals surface area contributed by atoms with Gasteiger partial charge in [-0.15, -0.1) is 0 Å². The van der Waals surface area contributed by atoms with Crippen LogP contribution in [0.25, 0.3) is 0 Å². The normalized spacial score (nSPS) is 11.2. The van der Waals surface area contributed by atoms with E-state index in [2.05, 4.69) is 15.0 Å². The molecule has 0 aliphatic heterocycles. The highest BCUT2D eigenvalue weighted by Crippen LogP contribution is 2.13. The summed E-state index contributed by atoms with van der Waals surface area (Å²) < 4.78 is 38.5. The summed E-state index contributed by atoms with van der Waals surface area (Å²) in [5.41, 5.74) is 1.69. The number of pyridine rings is 1. The number of halogens is 1. The van der Waals surface area contributed by atoms with Crippen molar-refractivity contribution in [2.75, 3.05) is 15.8 Å². The van der Waals surface area contributed by atoms with Crippen LogP contribution in [0.2, 0.25) is 0 Å². The van der Waals surface area contributed by atoms with Crippen LogP contribution in [-0.4, -0.2) is 19.2 Å². The van der Waals surface area contributed by atoms with Crippen molar-refractivity contribution in [1.82, 2.24) is 4.98 Å². The minimum Gasteiger partial charge on any atom is -0.380 e. The Balaban J connectivity index is 1.93. The van der Waals surface area contributed by atoms with Crippen molar-refractivity contribution in [3.05, 3.63) is 54.0 Å². The quantitative estimate of drug-likeness (QED) is 0.822. The fraction of sp³-hybridized carbons (Fsp3) is 0.267. The summed E-state index contributed by atoms with van der Waals surface area (Å²) in [4.78, 5) is 4.06. The third-order valence-electron chi connectivity index (χ3n) is 2.91. The van der Waals surface area contributed by atoms with E-state index in [0.717, 1.165) is 11.3 Å². The monoisotopic (exact) mass is 323 g/mol. The maximum absolute atomic E-state index is 12.8. The Kier molecular flexibility index (Phi) is 5.32. The van der Waals surface area contributed by atoms with Crippen molar-refractivity contribution in [3.8, 4) is 0 Å². The van der Waals surface area contributed by atoms with E-state index in [0.29, 0.717) is 18.8 Å². The molecule has 7 heteroatoms. The van der Waals surface area contributed by atoms with Gasteiger partial charge in [-0.3, -0.25) is 4.72 Å². The third-order valence-corrected chi connectivity index (χ3v) is 4.37. The van der Waals surface area contributed by atoms with Gasteiger partial charge in [-0.2, -0.15) is 0 Å². The van der Waals surface area contributed by atoms with E-state index in [9.17, 15) is 12.8 Å². The van der Waals surface area contributed by atoms with Crippen LogP contribution < -0.4 is 10.0 Å². The number of nitrogens with one attached hydrogen (secondary N) is 2. The van der Waals surface area contributed by atoms with Gasteiger partial charge in [0.1, 0.15) is 11.6 Å². The number of benzene rings is 1. The van der Waals surface area contributed by atoms with Gasteiger partial charge in [-0.05, 0) is 36.2 Å². The Morgan fingerprint density at radius 1 is 1.14 bits per heavy atom. The highest BCUT2D eigenvalue weighted by molar-refractivity contribution is 7.92. The maximum Gasteiger partial charge on any atom is 0.233 e. The second kappa shape index (κ2) is 7.22. The molecule has 0 spiro atoms. The number of sulfonamides is 1. The standard InChI is InChI=1S/C15H18FN3O2S/c1-2-9-22(20,21)19-15-8-7-14(11-18-15)17-10-12-3-5-13(16)6-4-12/h3-8,11,17H,2,9-10H2,1H3,(H,18,19). The van der Waals surface area contributed by atoms with Gasteiger partial charge in [0, 0.05) is 6.54 Å². The molecule has 0 aliphatic rings. The molecule has 118 valence electrons. The molecule has 2 rings (SSSR count). The first-order chi connectivity index (χ1) is 10.5. The highest BCUT2D eigenvalue weighted by atomic mass is 32.2. The van der Waals surface area contributed by atoms with Gasteiger partial charge < -0.3 is 5.32 Å². The molecule has 0 saturated heterocycles. The molecule has 22 heavy (non-hydrogen) atoms. The fourth-order valence-corrected chi connectivity index (χ4v) is 2.92. The SMILES string of the molecule is CCCS(=O)(=O)Nc1ccc(NCc2ccc(F)cc2)cn1. The van der Waals surface area contributed by atoms with E-state index in [1.54, 1.807) is 37.4 Å². The number of hydrogen-bond acceptors (Lipinski definition) is 4. The minimum absolute atomic E-state index is 0.0687. The molecule has 0 radical (unpaired) electrons. The average Bonchev–Trinajstić information content (AvgIpc) is 2.48. The second-order valence-corrected chi connectivity index (χ2v) is 6.67. The van der Waals surface area contributed by atoms with Crippen LogP contribution in [0.4, 0.5) is 15.9 Å². The largest absolute Gasteiger partial charge is 0.380 e. The molecule has 1 aromatic heterocycles. The Hall–Kier alpha value is -2.15. The molecule has 0 aliphatic carbocycles. The minimum atomic E-state index is -3.33. The molecule has 1 aromatic carbocycles. The molecular weight excluding hydrogens is 305 g/mol. The first-order valence-electron chi connectivity index (χ1n) is 6.93. The fourth-order valence-electron chi connectivity index (χ4n) is 1.84. The van der Waals surface area contributed by atoms with Crippen molar-refractivity contribution in [2.24, 2.45) is 0 Å². The summed E-state index contributed by atoms with van der Waals surface area (Å²) in [5.74, 6) is 0.0918. The van der Waals surface area contributed by atoms with E-state index >= 15 is 0 Å². The van der Waals surface area contributed by atoms with Gasteiger partial charge in [0.05, 0.1) is 17.6 Å². The number of aromatic nitrogens is 1. The van der Waals surface area contributed by atoms with Crippen molar-refractivity contribution < 1.29 is 12.8 Å². The number of rotatable bonds is 7. The van der Waals surface area contributed by atoms with E-state index < -0.39 is 10.0 Å². The van der Waals surface area contributed by atoms with Crippen LogP contribution in [0.5, 0.6) is 0 Å². The molecule has 0 atom stereocenters. The Labute approximate surface area is 129 Å². The number of hydrogen-bond donors (Lipinski definition) is 2. The zero-order chi connectivity index (χ0) is 16.0. The summed E-state index contributed by atoms with van der Waals surface area (Å²) in [7, 11) is -3.33. The van der Waals surface area contributed by atoms with Crippen LogP contribution >= 0.6 is 0 Å². The highest BCUT2D eigenvalue weighted by Gasteiger charge is 2.09. The summed E-state index contributed by atoms with van der Waals surface area (Å²) in [6.07, 6.45) is 2.10. The van der Waals surface area contributed by atoms with Crippen LogP contribution in [0, 0.1) is 5.82 Å². The van der Waals surface area contributed by atoms with Gasteiger partial charge in [-0.25, -0.2) is 17.8 Å². The summed E-state index contributed by atoms with van der Waals surface area (Å²) in [5, 5.41) is 3.13. The van der Waals surface area contributed by atoms with Crippen molar-refractivity contribution in [3.63, 3.8) is 0 Å². The summed E-state index contributed by atoms with van der Waals surface area (Å²) in [6, 6.07) is 9.54. The topological polar surface area (TPSA) is 71.1 Å². The lowest BCUT2D eigenvalue weighted by molar-refractivity contribution is 0.599. The van der Waals surface area contributed by atoms with Gasteiger partial charge in [0.25, 0.3) is 0 Å². The molecule has 0 bridgehead atoms. The molecule has 5 nitrogen and oxygen atoms in total. The smallest absolute Gasteiger partial charge is 0.233 e. The average molecular weight is 323 g/mol. The molecule has 0 saturated carbocycles. The first-order valence-corrected chi connectivity index (χ1v) is 8.58. The van der Waals surface area contributed by atoms with Crippen molar-refractivity contribution in [2.45, 2.75) is 19.9 Å². The molecule has 0 amide bonds. The Bertz CT molecular complexity index is 701. The number of nitrogens with zero attached hydrogens (tertiary/aromatic N) is 1. The van der Waals surface area contributed by atoms with Crippen LogP contribution in [0.15, 0.2) is 42.6 Å². The molecule has 0 fully saturated rings. The van der Waals surface area contributed by atoms with Crippen LogP contribution in [-0.2, 0) is 16.6 Å². The second-order valence-electron chi connectivity index (χ2n) is 4.83. The summed E-state index contributed by atoms with van der Waals surface area (Å²) >= 11 is 0. The zero-order valence-corrected chi connectivity index (χ0v) is 13.0. The Morgan fingerprint density at radius 3 is 2.45 bits per heavy atom. The van der Waals surface area contributed by atoms with Gasteiger partial charge in [-0.1, -0.05) is 19.1 Å². The number of anilines is 2. The van der Waals surface area contributed by atoms with Gasteiger partial charge in [0.15, 0.2) is 0 Å². The lowest BCUT2D eigenvalue weighted by Crippen LogP contribution is -2.16. The third kappa shape index (κ3) is 5.00. The lowest BCUT2D eigenvalue weighted by Gasteiger charge is -2.09. The predicted molar refractivity (Wildman–Crippen MR) is 85.7 cm³/mol. The van der Waals surface area contributed by atoms with Crippen molar-refractivity contribution in [1.29, 1.82) is 0 Å². The molecule has 2 aromatic rings. The molecular formula is C15H18FN3O2S. The van der Waals surface area contributed by atoms with E-state index in [-0.39, 0.29) is 11.6 Å². The van der Waals surface area contributed by atoms with Gasteiger partial charge in [0.2, 0.25) is 10.0 Å². The van der Waals surface area contributed by atoms with Crippen molar-refractivity contribution >= 4 is 21.5 Å². The van der Waals surface area contributed by atoms with E-state index in [1.807, 2.05) is 0 Å². The molecule has 1 heterocycles. The first kappa shape index (κ1) is 16.2. The lowest BCUT2D eigenvalue weighted by atomic mass is 10.2. The Morgan fingerprint density at radius 2 is 1.86 bits per heavy atom. The van der Waals surface area contributed by atoms with E-state index in [4.69, 9.17) is 0 Å². The summed E-state index contributed by atoms with van der Waals surface area (Å²) in [6.45, 7) is 2.33. The zero-order valence-electron chi connectivity index (χ0n) is 12.2. The molecule has 0 unspecified atom stereocenters. The van der Waals surface area contributed by atoms with Gasteiger partial charge >= 0.3 is 0 Å². The van der Waals surface area contributed by atoms with E-state index in [1.165, 1.54) is 12.1 Å². The molecule has 2 N–H and O–H groups in total.